The standard InChI is InChI=1S/C18H19N3O3.Na.H/c22-17(14-1-3-15(4-2-14)18(23)24)13-20-9-11-21(12-10-20)16-5-7-19-8-6-16;;/h1-8H,9-13H2,(H,23,24);;. The van der Waals surface area contributed by atoms with Gasteiger partial charge in [0.15, 0.2) is 5.78 Å². The summed E-state index contributed by atoms with van der Waals surface area (Å²) < 4.78 is 0. The molecule has 0 saturated carbocycles. The van der Waals surface area contributed by atoms with Gasteiger partial charge in [-0.25, -0.2) is 4.79 Å². The van der Waals surface area contributed by atoms with Gasteiger partial charge in [0.25, 0.3) is 0 Å². The van der Waals surface area contributed by atoms with Gasteiger partial charge in [0.05, 0.1) is 12.1 Å². The van der Waals surface area contributed by atoms with E-state index >= 15 is 0 Å². The molecule has 25 heavy (non-hydrogen) atoms. The van der Waals surface area contributed by atoms with E-state index in [1.165, 1.54) is 12.1 Å². The van der Waals surface area contributed by atoms with Crippen molar-refractivity contribution in [3.63, 3.8) is 0 Å². The van der Waals surface area contributed by atoms with Gasteiger partial charge in [0.2, 0.25) is 0 Å². The second-order valence-corrected chi connectivity index (χ2v) is 5.77. The molecule has 0 atom stereocenters. The third kappa shape index (κ3) is 5.12. The zero-order valence-electron chi connectivity index (χ0n) is 13.3. The molecular weight excluding hydrogens is 329 g/mol. The topological polar surface area (TPSA) is 73.7 Å². The van der Waals surface area contributed by atoms with Crippen LogP contribution in [0.4, 0.5) is 5.69 Å². The van der Waals surface area contributed by atoms with E-state index in [9.17, 15) is 9.59 Å². The third-order valence-electron chi connectivity index (χ3n) is 4.22. The Hall–Kier alpha value is -1.73. The number of carbonyl (C=O) groups is 2. The summed E-state index contributed by atoms with van der Waals surface area (Å²) in [5, 5.41) is 8.89. The summed E-state index contributed by atoms with van der Waals surface area (Å²) in [5.41, 5.74) is 1.90. The Morgan fingerprint density at radius 2 is 1.48 bits per heavy atom. The Labute approximate surface area is 168 Å². The van der Waals surface area contributed by atoms with Crippen LogP contribution in [0.5, 0.6) is 0 Å². The van der Waals surface area contributed by atoms with Crippen molar-refractivity contribution in [2.75, 3.05) is 37.6 Å². The molecule has 1 aliphatic heterocycles. The predicted octanol–water partition coefficient (Wildman–Crippen LogP) is 1.14. The van der Waals surface area contributed by atoms with Crippen LogP contribution in [0.25, 0.3) is 0 Å². The van der Waals surface area contributed by atoms with Gasteiger partial charge in [-0.2, -0.15) is 0 Å². The Bertz CT molecular complexity index is 714. The second-order valence-electron chi connectivity index (χ2n) is 5.77. The average Bonchev–Trinajstić information content (AvgIpc) is 2.63. The first-order valence-electron chi connectivity index (χ1n) is 7.87. The van der Waals surface area contributed by atoms with E-state index in [2.05, 4.69) is 14.8 Å². The van der Waals surface area contributed by atoms with Gasteiger partial charge < -0.3 is 10.0 Å². The van der Waals surface area contributed by atoms with Crippen molar-refractivity contribution in [3.8, 4) is 0 Å². The normalized spacial score (nSPS) is 14.6. The minimum atomic E-state index is -0.985. The number of benzene rings is 1. The fourth-order valence-corrected chi connectivity index (χ4v) is 2.81. The molecule has 1 saturated heterocycles. The SMILES string of the molecule is O=C(O)c1ccc(C(=O)CN2CCN(c3ccncc3)CC2)cc1.[NaH]. The number of pyridine rings is 1. The van der Waals surface area contributed by atoms with Crippen LogP contribution in [0.2, 0.25) is 0 Å². The number of aromatic nitrogens is 1. The molecule has 2 heterocycles. The van der Waals surface area contributed by atoms with Crippen LogP contribution in [0.3, 0.4) is 0 Å². The van der Waals surface area contributed by atoms with E-state index in [-0.39, 0.29) is 40.9 Å². The van der Waals surface area contributed by atoms with Gasteiger partial charge in [0, 0.05) is 49.8 Å². The van der Waals surface area contributed by atoms with E-state index < -0.39 is 5.97 Å². The molecule has 1 fully saturated rings. The zero-order valence-corrected chi connectivity index (χ0v) is 13.3. The van der Waals surface area contributed by atoms with E-state index in [1.807, 2.05) is 12.1 Å². The molecule has 7 heteroatoms. The van der Waals surface area contributed by atoms with Crippen LogP contribution >= 0.6 is 0 Å². The number of anilines is 1. The first-order valence-corrected chi connectivity index (χ1v) is 7.87. The number of ketones is 1. The van der Waals surface area contributed by atoms with Crippen molar-refractivity contribution >= 4 is 47.0 Å². The van der Waals surface area contributed by atoms with Crippen LogP contribution in [0.1, 0.15) is 20.7 Å². The molecule has 3 rings (SSSR count). The molecule has 0 amide bonds. The van der Waals surface area contributed by atoms with Crippen molar-refractivity contribution in [1.82, 2.24) is 9.88 Å². The zero-order chi connectivity index (χ0) is 16.9. The number of carbonyl (C=O) groups excluding carboxylic acids is 1. The number of nitrogens with zero attached hydrogens (tertiary/aromatic N) is 3. The van der Waals surface area contributed by atoms with Crippen molar-refractivity contribution in [3.05, 3.63) is 59.9 Å². The molecule has 0 radical (unpaired) electrons. The van der Waals surface area contributed by atoms with E-state index in [1.54, 1.807) is 24.5 Å². The Morgan fingerprint density at radius 1 is 0.920 bits per heavy atom. The number of piperazine rings is 1. The van der Waals surface area contributed by atoms with Crippen molar-refractivity contribution in [2.45, 2.75) is 0 Å². The summed E-state index contributed by atoms with van der Waals surface area (Å²) in [6, 6.07) is 10.1. The summed E-state index contributed by atoms with van der Waals surface area (Å²) in [4.78, 5) is 31.6. The van der Waals surface area contributed by atoms with Gasteiger partial charge in [-0.05, 0) is 24.3 Å². The number of Topliss-reactive ketones (excluding diaryl/α,β-unsaturated/α-hetero) is 1. The number of rotatable bonds is 5. The first-order chi connectivity index (χ1) is 11.6. The summed E-state index contributed by atoms with van der Waals surface area (Å²) in [7, 11) is 0. The number of aromatic carboxylic acids is 1. The molecule has 0 unspecified atom stereocenters. The monoisotopic (exact) mass is 349 g/mol. The van der Waals surface area contributed by atoms with Crippen LogP contribution in [0, 0.1) is 0 Å². The van der Waals surface area contributed by atoms with Gasteiger partial charge in [-0.1, -0.05) is 12.1 Å². The number of hydrogen-bond acceptors (Lipinski definition) is 5. The molecule has 0 aliphatic carbocycles. The van der Waals surface area contributed by atoms with Crippen molar-refractivity contribution in [2.24, 2.45) is 0 Å². The molecule has 1 aromatic carbocycles. The molecule has 6 nitrogen and oxygen atoms in total. The summed E-state index contributed by atoms with van der Waals surface area (Å²) >= 11 is 0. The van der Waals surface area contributed by atoms with Gasteiger partial charge in [-0.3, -0.25) is 14.7 Å². The van der Waals surface area contributed by atoms with Gasteiger partial charge in [-0.15, -0.1) is 0 Å². The molecule has 1 aliphatic rings. The summed E-state index contributed by atoms with van der Waals surface area (Å²) in [6.45, 7) is 3.74. The Kier molecular flexibility index (Phi) is 7.13. The first kappa shape index (κ1) is 19.6. The summed E-state index contributed by atoms with van der Waals surface area (Å²) in [5.74, 6) is -0.967. The molecule has 0 spiro atoms. The number of carboxylic acids is 1. The van der Waals surface area contributed by atoms with Crippen molar-refractivity contribution < 1.29 is 14.7 Å². The van der Waals surface area contributed by atoms with E-state index in [0.717, 1.165) is 31.9 Å². The van der Waals surface area contributed by atoms with Crippen molar-refractivity contribution in [1.29, 1.82) is 0 Å². The number of carboxylic acid groups (broad SMARTS) is 1. The molecule has 1 N–H and O–H groups in total. The number of hydrogen-bond donors (Lipinski definition) is 1. The summed E-state index contributed by atoms with van der Waals surface area (Å²) in [6.07, 6.45) is 3.57. The van der Waals surface area contributed by atoms with Gasteiger partial charge >= 0.3 is 35.5 Å². The minimum absolute atomic E-state index is 0. The van der Waals surface area contributed by atoms with Gasteiger partial charge in [0.1, 0.15) is 0 Å². The Morgan fingerprint density at radius 3 is 2.04 bits per heavy atom. The van der Waals surface area contributed by atoms with E-state index in [4.69, 9.17) is 5.11 Å². The fourth-order valence-electron chi connectivity index (χ4n) is 2.81. The predicted molar refractivity (Wildman–Crippen MR) is 97.8 cm³/mol. The molecule has 2 aromatic rings. The van der Waals surface area contributed by atoms with E-state index in [0.29, 0.717) is 12.1 Å². The Balaban J connectivity index is 0.00000225. The van der Waals surface area contributed by atoms with Crippen LogP contribution in [-0.4, -0.2) is 89.0 Å². The molecule has 126 valence electrons. The molecular formula is C18H20N3NaO3. The average molecular weight is 349 g/mol. The fraction of sp³-hybridized carbons (Fsp3) is 0.278. The second kappa shape index (κ2) is 9.10. The van der Waals surface area contributed by atoms with Crippen LogP contribution < -0.4 is 4.90 Å². The maximum atomic E-state index is 12.3. The quantitative estimate of drug-likeness (QED) is 0.645. The molecule has 0 bridgehead atoms. The van der Waals surface area contributed by atoms with Crippen LogP contribution in [0.15, 0.2) is 48.8 Å². The van der Waals surface area contributed by atoms with Crippen LogP contribution in [-0.2, 0) is 0 Å². The molecule has 1 aromatic heterocycles. The third-order valence-corrected chi connectivity index (χ3v) is 4.22. The maximum absolute atomic E-state index is 12.3.